The fourth-order valence-electron chi connectivity index (χ4n) is 2.22. The molecule has 5 nitrogen and oxygen atoms in total. The number of hydrogen-bond donors (Lipinski definition) is 1. The van der Waals surface area contributed by atoms with Gasteiger partial charge in [0.25, 0.3) is 0 Å². The molecule has 1 aliphatic heterocycles. The van der Waals surface area contributed by atoms with E-state index in [2.05, 4.69) is 19.2 Å². The lowest BCUT2D eigenvalue weighted by molar-refractivity contribution is -0.147. The van der Waals surface area contributed by atoms with Crippen molar-refractivity contribution in [1.29, 1.82) is 0 Å². The molecule has 0 spiro atoms. The van der Waals surface area contributed by atoms with E-state index in [1.54, 1.807) is 12.0 Å². The van der Waals surface area contributed by atoms with Crippen LogP contribution in [0, 0.1) is 5.41 Å². The number of hydrogen-bond acceptors (Lipinski definition) is 3. The molecule has 0 bridgehead atoms. The minimum absolute atomic E-state index is 0.00643. The van der Waals surface area contributed by atoms with Crippen molar-refractivity contribution in [2.75, 3.05) is 26.8 Å². The van der Waals surface area contributed by atoms with Crippen molar-refractivity contribution in [1.82, 2.24) is 10.2 Å². The quantitative estimate of drug-likeness (QED) is 0.764. The Bertz CT molecular complexity index is 315. The Hall–Kier alpha value is -1.10. The fourth-order valence-corrected chi connectivity index (χ4v) is 2.22. The third kappa shape index (κ3) is 3.70. The van der Waals surface area contributed by atoms with E-state index in [1.165, 1.54) is 0 Å². The Balaban J connectivity index is 2.71. The smallest absolute Gasteiger partial charge is 0.243 e. The normalized spacial score (nSPS) is 21.1. The zero-order chi connectivity index (χ0) is 13.8. The van der Waals surface area contributed by atoms with Crippen LogP contribution in [0.3, 0.4) is 0 Å². The van der Waals surface area contributed by atoms with E-state index < -0.39 is 0 Å². The maximum Gasteiger partial charge on any atom is 0.243 e. The summed E-state index contributed by atoms with van der Waals surface area (Å²) in [7, 11) is 1.67. The third-order valence-corrected chi connectivity index (χ3v) is 3.38. The van der Waals surface area contributed by atoms with Gasteiger partial charge in [0.2, 0.25) is 11.8 Å². The molecule has 0 aromatic carbocycles. The molecule has 0 saturated carbocycles. The van der Waals surface area contributed by atoms with Crippen molar-refractivity contribution >= 4 is 11.8 Å². The van der Waals surface area contributed by atoms with Crippen LogP contribution in [0.15, 0.2) is 0 Å². The van der Waals surface area contributed by atoms with Crippen LogP contribution in [0.4, 0.5) is 0 Å². The summed E-state index contributed by atoms with van der Waals surface area (Å²) in [6.45, 7) is 7.50. The molecule has 1 fully saturated rings. The van der Waals surface area contributed by atoms with E-state index in [0.717, 1.165) is 6.42 Å². The van der Waals surface area contributed by atoms with Gasteiger partial charge < -0.3 is 15.0 Å². The number of methoxy groups -OCH3 is 1. The molecule has 0 aliphatic carbocycles. The van der Waals surface area contributed by atoms with Gasteiger partial charge in [-0.15, -0.1) is 0 Å². The van der Waals surface area contributed by atoms with Crippen molar-refractivity contribution in [3.63, 3.8) is 0 Å². The highest BCUT2D eigenvalue weighted by atomic mass is 16.5. The molecule has 1 aliphatic rings. The first-order valence-electron chi connectivity index (χ1n) is 6.47. The second-order valence-electron chi connectivity index (χ2n) is 5.57. The van der Waals surface area contributed by atoms with E-state index in [0.29, 0.717) is 19.6 Å². The average Bonchev–Trinajstić information content (AvgIpc) is 2.31. The van der Waals surface area contributed by atoms with Crippen LogP contribution in [0.25, 0.3) is 0 Å². The predicted molar refractivity (Wildman–Crippen MR) is 69.1 cm³/mol. The molecular formula is C13H24N2O3. The standard InChI is InChI=1S/C13H24N2O3/c1-5-10-12(17)14-8-11(16)15(10)9-13(2,3)6-7-18-4/h10H,5-9H2,1-4H3,(H,14,17). The lowest BCUT2D eigenvalue weighted by Gasteiger charge is -2.39. The molecule has 18 heavy (non-hydrogen) atoms. The van der Waals surface area contributed by atoms with Crippen LogP contribution in [-0.2, 0) is 14.3 Å². The summed E-state index contributed by atoms with van der Waals surface area (Å²) in [6.07, 6.45) is 1.52. The monoisotopic (exact) mass is 256 g/mol. The molecule has 1 N–H and O–H groups in total. The van der Waals surface area contributed by atoms with Crippen LogP contribution >= 0.6 is 0 Å². The van der Waals surface area contributed by atoms with Crippen LogP contribution < -0.4 is 5.32 Å². The minimum Gasteiger partial charge on any atom is -0.385 e. The van der Waals surface area contributed by atoms with Crippen molar-refractivity contribution in [3.05, 3.63) is 0 Å². The second-order valence-corrected chi connectivity index (χ2v) is 5.57. The van der Waals surface area contributed by atoms with Gasteiger partial charge in [-0.3, -0.25) is 9.59 Å². The number of ether oxygens (including phenoxy) is 1. The topological polar surface area (TPSA) is 58.6 Å². The summed E-state index contributed by atoms with van der Waals surface area (Å²) < 4.78 is 5.09. The number of carbonyl (C=O) groups is 2. The van der Waals surface area contributed by atoms with Gasteiger partial charge >= 0.3 is 0 Å². The minimum atomic E-state index is -0.326. The first-order valence-corrected chi connectivity index (χ1v) is 6.47. The van der Waals surface area contributed by atoms with Crippen LogP contribution in [0.5, 0.6) is 0 Å². The van der Waals surface area contributed by atoms with Gasteiger partial charge in [-0.25, -0.2) is 0 Å². The molecule has 1 saturated heterocycles. The summed E-state index contributed by atoms with van der Waals surface area (Å²) in [6, 6.07) is -0.326. The molecule has 1 atom stereocenters. The molecule has 1 rings (SSSR count). The molecule has 104 valence electrons. The highest BCUT2D eigenvalue weighted by Crippen LogP contribution is 2.24. The molecule has 0 aromatic rings. The fraction of sp³-hybridized carbons (Fsp3) is 0.846. The SMILES string of the molecule is CCC1C(=O)NCC(=O)N1CC(C)(C)CCOC. The number of amides is 2. The van der Waals surface area contributed by atoms with Gasteiger partial charge in [0.1, 0.15) is 6.04 Å². The number of nitrogens with one attached hydrogen (secondary N) is 1. The lowest BCUT2D eigenvalue weighted by atomic mass is 9.88. The Labute approximate surface area is 109 Å². The van der Waals surface area contributed by atoms with Gasteiger partial charge in [-0.2, -0.15) is 0 Å². The Morgan fingerprint density at radius 3 is 2.67 bits per heavy atom. The molecule has 1 heterocycles. The maximum absolute atomic E-state index is 11.9. The number of piperazine rings is 1. The second kappa shape index (κ2) is 6.18. The molecule has 5 heteroatoms. The van der Waals surface area contributed by atoms with E-state index in [-0.39, 0.29) is 29.8 Å². The van der Waals surface area contributed by atoms with Crippen molar-refractivity contribution in [2.24, 2.45) is 5.41 Å². The van der Waals surface area contributed by atoms with E-state index in [1.807, 2.05) is 6.92 Å². The zero-order valence-electron chi connectivity index (χ0n) is 11.8. The largest absolute Gasteiger partial charge is 0.385 e. The number of rotatable bonds is 6. The number of carbonyl (C=O) groups excluding carboxylic acids is 2. The number of nitrogens with zero attached hydrogens (tertiary/aromatic N) is 1. The van der Waals surface area contributed by atoms with Gasteiger partial charge in [-0.1, -0.05) is 20.8 Å². The van der Waals surface area contributed by atoms with Crippen molar-refractivity contribution < 1.29 is 14.3 Å². The Morgan fingerprint density at radius 2 is 2.11 bits per heavy atom. The Kier molecular flexibility index (Phi) is 5.14. The van der Waals surface area contributed by atoms with Crippen LogP contribution in [0.1, 0.15) is 33.6 Å². The molecule has 1 unspecified atom stereocenters. The molecular weight excluding hydrogens is 232 g/mol. The third-order valence-electron chi connectivity index (χ3n) is 3.38. The summed E-state index contributed by atoms with van der Waals surface area (Å²) in [5.74, 6) is -0.0356. The van der Waals surface area contributed by atoms with Gasteiger partial charge in [0.15, 0.2) is 0 Å². The maximum atomic E-state index is 11.9. The summed E-state index contributed by atoms with van der Waals surface area (Å²) in [5.41, 5.74) is -0.0449. The van der Waals surface area contributed by atoms with E-state index >= 15 is 0 Å². The summed E-state index contributed by atoms with van der Waals surface area (Å²) >= 11 is 0. The predicted octanol–water partition coefficient (Wildman–Crippen LogP) is 0.786. The summed E-state index contributed by atoms with van der Waals surface area (Å²) in [4.78, 5) is 25.4. The van der Waals surface area contributed by atoms with E-state index in [9.17, 15) is 9.59 Å². The van der Waals surface area contributed by atoms with E-state index in [4.69, 9.17) is 4.74 Å². The average molecular weight is 256 g/mol. The molecule has 0 radical (unpaired) electrons. The van der Waals surface area contributed by atoms with Crippen molar-refractivity contribution in [3.8, 4) is 0 Å². The van der Waals surface area contributed by atoms with Gasteiger partial charge in [0, 0.05) is 20.3 Å². The lowest BCUT2D eigenvalue weighted by Crippen LogP contribution is -2.59. The van der Waals surface area contributed by atoms with Crippen LogP contribution in [-0.4, -0.2) is 49.6 Å². The highest BCUT2D eigenvalue weighted by Gasteiger charge is 2.36. The van der Waals surface area contributed by atoms with Crippen LogP contribution in [0.2, 0.25) is 0 Å². The molecule has 0 aromatic heterocycles. The van der Waals surface area contributed by atoms with Gasteiger partial charge in [-0.05, 0) is 18.3 Å². The van der Waals surface area contributed by atoms with Crippen molar-refractivity contribution in [2.45, 2.75) is 39.7 Å². The Morgan fingerprint density at radius 1 is 1.44 bits per heavy atom. The highest BCUT2D eigenvalue weighted by molar-refractivity contribution is 5.94. The van der Waals surface area contributed by atoms with Gasteiger partial charge in [0.05, 0.1) is 6.54 Å². The first-order chi connectivity index (χ1) is 8.41. The molecule has 2 amide bonds. The first kappa shape index (κ1) is 15.0. The zero-order valence-corrected chi connectivity index (χ0v) is 11.8. The summed E-state index contributed by atoms with van der Waals surface area (Å²) in [5, 5.41) is 2.64.